The Kier molecular flexibility index (Phi) is 7.35. The van der Waals surface area contributed by atoms with Crippen molar-refractivity contribution < 1.29 is 14.6 Å². The summed E-state index contributed by atoms with van der Waals surface area (Å²) in [5.41, 5.74) is 0. The first kappa shape index (κ1) is 17.7. The van der Waals surface area contributed by atoms with Crippen molar-refractivity contribution in [3.8, 4) is 11.6 Å². The number of nitrogens with one attached hydrogen (secondary N) is 1. The van der Waals surface area contributed by atoms with E-state index in [-0.39, 0.29) is 6.61 Å². The summed E-state index contributed by atoms with van der Waals surface area (Å²) in [7, 11) is 0. The molecule has 124 valence electrons. The lowest BCUT2D eigenvalue weighted by Gasteiger charge is -2.14. The first-order chi connectivity index (χ1) is 11.1. The van der Waals surface area contributed by atoms with Crippen molar-refractivity contribution in [1.29, 1.82) is 0 Å². The smallest absolute Gasteiger partial charge is 0.233 e. The minimum atomic E-state index is -0.651. The molecule has 1 aromatic carbocycles. The molecule has 0 bridgehead atoms. The van der Waals surface area contributed by atoms with Crippen LogP contribution in [0.3, 0.4) is 0 Å². The molecule has 0 saturated heterocycles. The normalized spacial score (nSPS) is 12.0. The van der Waals surface area contributed by atoms with Crippen LogP contribution < -0.4 is 14.8 Å². The lowest BCUT2D eigenvalue weighted by atomic mass is 10.3. The highest BCUT2D eigenvalue weighted by Crippen LogP contribution is 2.22. The number of rotatable bonds is 9. The van der Waals surface area contributed by atoms with E-state index in [2.05, 4.69) is 15.5 Å². The fourth-order valence-electron chi connectivity index (χ4n) is 1.68. The van der Waals surface area contributed by atoms with Gasteiger partial charge in [-0.25, -0.2) is 0 Å². The van der Waals surface area contributed by atoms with Crippen LogP contribution in [0.1, 0.15) is 0 Å². The molecule has 0 fully saturated rings. The predicted molar refractivity (Wildman–Crippen MR) is 88.4 cm³/mol. The van der Waals surface area contributed by atoms with Crippen LogP contribution in [-0.4, -0.2) is 47.7 Å². The number of hydrogen-bond acceptors (Lipinski definition) is 6. The fraction of sp³-hybridized carbons (Fsp3) is 0.333. The van der Waals surface area contributed by atoms with Crippen LogP contribution in [0.4, 0.5) is 0 Å². The van der Waals surface area contributed by atoms with Crippen molar-refractivity contribution in [2.24, 2.45) is 0 Å². The van der Waals surface area contributed by atoms with Crippen LogP contribution >= 0.6 is 23.2 Å². The second kappa shape index (κ2) is 9.52. The average Bonchev–Trinajstić information content (AvgIpc) is 2.55. The minimum absolute atomic E-state index is 0.153. The minimum Gasteiger partial charge on any atom is -0.489 e. The van der Waals surface area contributed by atoms with Gasteiger partial charge in [-0.3, -0.25) is 0 Å². The SMILES string of the molecule is OC(CNCCOc1ccc(Cl)nn1)COc1ccccc1Cl. The summed E-state index contributed by atoms with van der Waals surface area (Å²) in [5, 5.41) is 21.2. The topological polar surface area (TPSA) is 76.5 Å². The van der Waals surface area contributed by atoms with Gasteiger partial charge in [0.1, 0.15) is 25.1 Å². The highest BCUT2D eigenvalue weighted by molar-refractivity contribution is 6.32. The second-order valence-electron chi connectivity index (χ2n) is 4.64. The first-order valence-electron chi connectivity index (χ1n) is 7.03. The molecule has 2 N–H and O–H groups in total. The fourth-order valence-corrected chi connectivity index (χ4v) is 1.97. The second-order valence-corrected chi connectivity index (χ2v) is 5.44. The first-order valence-corrected chi connectivity index (χ1v) is 7.79. The number of halogens is 2. The molecule has 2 rings (SSSR count). The summed E-state index contributed by atoms with van der Waals surface area (Å²) in [5.74, 6) is 0.955. The number of hydrogen-bond donors (Lipinski definition) is 2. The summed E-state index contributed by atoms with van der Waals surface area (Å²) in [6, 6.07) is 10.4. The van der Waals surface area contributed by atoms with E-state index < -0.39 is 6.10 Å². The van der Waals surface area contributed by atoms with Gasteiger partial charge in [-0.2, -0.15) is 0 Å². The molecule has 0 spiro atoms. The number of benzene rings is 1. The van der Waals surface area contributed by atoms with E-state index in [0.717, 1.165) is 0 Å². The van der Waals surface area contributed by atoms with Crippen molar-refractivity contribution in [2.75, 3.05) is 26.3 Å². The Morgan fingerprint density at radius 2 is 1.91 bits per heavy atom. The van der Waals surface area contributed by atoms with Crippen LogP contribution in [-0.2, 0) is 0 Å². The van der Waals surface area contributed by atoms with Gasteiger partial charge in [-0.05, 0) is 18.2 Å². The third kappa shape index (κ3) is 6.58. The number of aliphatic hydroxyl groups is 1. The van der Waals surface area contributed by atoms with E-state index in [1.807, 2.05) is 12.1 Å². The summed E-state index contributed by atoms with van der Waals surface area (Å²) in [4.78, 5) is 0. The zero-order chi connectivity index (χ0) is 16.5. The number of aromatic nitrogens is 2. The Bertz CT molecular complexity index is 599. The van der Waals surface area contributed by atoms with Gasteiger partial charge in [0.25, 0.3) is 0 Å². The Morgan fingerprint density at radius 1 is 1.09 bits per heavy atom. The molecule has 0 saturated carbocycles. The molecule has 1 aromatic heterocycles. The van der Waals surface area contributed by atoms with Gasteiger partial charge >= 0.3 is 0 Å². The number of ether oxygens (including phenoxy) is 2. The highest BCUT2D eigenvalue weighted by atomic mass is 35.5. The van der Waals surface area contributed by atoms with Crippen LogP contribution in [0, 0.1) is 0 Å². The maximum absolute atomic E-state index is 9.84. The van der Waals surface area contributed by atoms with Gasteiger partial charge in [0.15, 0.2) is 5.15 Å². The highest BCUT2D eigenvalue weighted by Gasteiger charge is 2.06. The predicted octanol–water partition coefficient (Wildman–Crippen LogP) is 2.19. The van der Waals surface area contributed by atoms with Gasteiger partial charge < -0.3 is 19.9 Å². The van der Waals surface area contributed by atoms with Gasteiger partial charge in [0, 0.05) is 19.2 Å². The Morgan fingerprint density at radius 3 is 2.65 bits per heavy atom. The molecule has 23 heavy (non-hydrogen) atoms. The summed E-state index contributed by atoms with van der Waals surface area (Å²) in [6.45, 7) is 1.47. The monoisotopic (exact) mass is 357 g/mol. The van der Waals surface area contributed by atoms with E-state index in [0.29, 0.717) is 41.5 Å². The third-order valence-corrected chi connectivity index (χ3v) is 3.30. The zero-order valence-corrected chi connectivity index (χ0v) is 13.8. The molecule has 0 aliphatic heterocycles. The van der Waals surface area contributed by atoms with Gasteiger partial charge in [0.2, 0.25) is 5.88 Å². The third-order valence-electron chi connectivity index (χ3n) is 2.78. The van der Waals surface area contributed by atoms with E-state index in [9.17, 15) is 5.11 Å². The van der Waals surface area contributed by atoms with Crippen molar-refractivity contribution >= 4 is 23.2 Å². The molecule has 8 heteroatoms. The number of aliphatic hydroxyl groups excluding tert-OH is 1. The van der Waals surface area contributed by atoms with Crippen molar-refractivity contribution in [3.63, 3.8) is 0 Å². The maximum Gasteiger partial charge on any atom is 0.233 e. The van der Waals surface area contributed by atoms with Crippen molar-refractivity contribution in [1.82, 2.24) is 15.5 Å². The molecule has 1 atom stereocenters. The van der Waals surface area contributed by atoms with E-state index in [4.69, 9.17) is 32.7 Å². The molecular formula is C15H17Cl2N3O3. The largest absolute Gasteiger partial charge is 0.489 e. The van der Waals surface area contributed by atoms with Crippen LogP contribution in [0.15, 0.2) is 36.4 Å². The molecule has 0 amide bonds. The Hall–Kier alpha value is -1.60. The molecule has 0 aliphatic rings. The quantitative estimate of drug-likeness (QED) is 0.670. The van der Waals surface area contributed by atoms with E-state index in [1.165, 1.54) is 0 Å². The average molecular weight is 358 g/mol. The van der Waals surface area contributed by atoms with E-state index in [1.54, 1.807) is 24.3 Å². The van der Waals surface area contributed by atoms with Crippen LogP contribution in [0.25, 0.3) is 0 Å². The standard InChI is InChI=1S/C15H17Cl2N3O3/c16-12-3-1-2-4-13(12)23-10-11(21)9-18-7-8-22-15-6-5-14(17)19-20-15/h1-6,11,18,21H,7-10H2. The Balaban J connectivity index is 1.57. The molecule has 1 heterocycles. The van der Waals surface area contributed by atoms with Gasteiger partial charge in [-0.1, -0.05) is 35.3 Å². The van der Waals surface area contributed by atoms with Crippen molar-refractivity contribution in [2.45, 2.75) is 6.10 Å². The molecular weight excluding hydrogens is 341 g/mol. The molecule has 1 unspecified atom stereocenters. The number of para-hydroxylation sites is 1. The van der Waals surface area contributed by atoms with Crippen LogP contribution in [0.5, 0.6) is 11.6 Å². The lowest BCUT2D eigenvalue weighted by Crippen LogP contribution is -2.33. The molecule has 0 radical (unpaired) electrons. The Labute approximate surface area is 144 Å². The van der Waals surface area contributed by atoms with Crippen molar-refractivity contribution in [3.05, 3.63) is 46.6 Å². The summed E-state index contributed by atoms with van der Waals surface area (Å²) >= 11 is 11.6. The summed E-state index contributed by atoms with van der Waals surface area (Å²) in [6.07, 6.45) is -0.651. The number of nitrogens with zero attached hydrogens (tertiary/aromatic N) is 2. The maximum atomic E-state index is 9.84. The van der Waals surface area contributed by atoms with Gasteiger partial charge in [0.05, 0.1) is 5.02 Å². The zero-order valence-electron chi connectivity index (χ0n) is 12.3. The molecule has 0 aliphatic carbocycles. The lowest BCUT2D eigenvalue weighted by molar-refractivity contribution is 0.105. The summed E-state index contributed by atoms with van der Waals surface area (Å²) < 4.78 is 10.8. The van der Waals surface area contributed by atoms with E-state index >= 15 is 0 Å². The van der Waals surface area contributed by atoms with Crippen LogP contribution in [0.2, 0.25) is 10.2 Å². The molecule has 6 nitrogen and oxygen atoms in total. The molecule has 2 aromatic rings. The van der Waals surface area contributed by atoms with Gasteiger partial charge in [-0.15, -0.1) is 10.2 Å².